The van der Waals surface area contributed by atoms with Crippen molar-refractivity contribution in [3.8, 4) is 0 Å². The molecule has 2 aromatic rings. The molecule has 1 aromatic heterocycles. The van der Waals surface area contributed by atoms with Gasteiger partial charge in [0, 0.05) is 37.4 Å². The van der Waals surface area contributed by atoms with E-state index in [-0.39, 0.29) is 12.0 Å². The highest BCUT2D eigenvalue weighted by Gasteiger charge is 2.19. The molecule has 0 fully saturated rings. The van der Waals surface area contributed by atoms with Crippen molar-refractivity contribution in [2.24, 2.45) is 7.05 Å². The molecule has 1 aromatic carbocycles. The number of imidazole rings is 1. The van der Waals surface area contributed by atoms with Gasteiger partial charge < -0.3 is 19.9 Å². The fourth-order valence-corrected chi connectivity index (χ4v) is 2.67. The molecule has 0 saturated carbocycles. The number of thiocarbonyl (C=S) groups is 1. The normalized spacial score (nSPS) is 11.6. The number of carbonyl (C=O) groups is 1. The summed E-state index contributed by atoms with van der Waals surface area (Å²) >= 11 is 11.4. The molecule has 8 heteroatoms. The minimum Gasteiger partial charge on any atom is -0.469 e. The Morgan fingerprint density at radius 3 is 2.72 bits per heavy atom. The van der Waals surface area contributed by atoms with Crippen molar-refractivity contribution in [2.75, 3.05) is 13.7 Å². The van der Waals surface area contributed by atoms with Gasteiger partial charge in [0.15, 0.2) is 5.11 Å². The van der Waals surface area contributed by atoms with Crippen LogP contribution in [0.15, 0.2) is 36.7 Å². The molecule has 134 valence electrons. The Morgan fingerprint density at radius 1 is 1.40 bits per heavy atom. The van der Waals surface area contributed by atoms with Crippen molar-refractivity contribution in [2.45, 2.75) is 18.9 Å². The number of aryl methyl sites for hydroxylation is 1. The average molecular weight is 381 g/mol. The first-order chi connectivity index (χ1) is 12.0. The molecule has 0 amide bonds. The SMILES string of the molecule is COC(=O)CCCNC(=S)N[C@@H](c1ccc(Cl)cc1)c1nccn1C. The quantitative estimate of drug-likeness (QED) is 0.437. The van der Waals surface area contributed by atoms with Crippen molar-refractivity contribution in [1.29, 1.82) is 0 Å². The zero-order valence-electron chi connectivity index (χ0n) is 14.2. The number of rotatable bonds is 7. The number of nitrogens with one attached hydrogen (secondary N) is 2. The van der Waals surface area contributed by atoms with Crippen LogP contribution in [0, 0.1) is 0 Å². The van der Waals surface area contributed by atoms with E-state index in [2.05, 4.69) is 20.4 Å². The molecule has 25 heavy (non-hydrogen) atoms. The van der Waals surface area contributed by atoms with E-state index in [1.54, 1.807) is 6.20 Å². The van der Waals surface area contributed by atoms with Crippen LogP contribution in [0.4, 0.5) is 0 Å². The molecule has 2 rings (SSSR count). The van der Waals surface area contributed by atoms with Gasteiger partial charge in [-0.15, -0.1) is 0 Å². The van der Waals surface area contributed by atoms with E-state index in [0.717, 1.165) is 11.4 Å². The molecular weight excluding hydrogens is 360 g/mol. The molecular formula is C17H21ClN4O2S. The Balaban J connectivity index is 2.01. The number of methoxy groups -OCH3 is 1. The molecule has 0 bridgehead atoms. The second kappa shape index (κ2) is 9.39. The predicted molar refractivity (Wildman–Crippen MR) is 101 cm³/mol. The Hall–Kier alpha value is -2.12. The fourth-order valence-electron chi connectivity index (χ4n) is 2.33. The minimum atomic E-state index is -0.229. The number of ether oxygens (including phenoxy) is 1. The van der Waals surface area contributed by atoms with Gasteiger partial charge in [0.2, 0.25) is 0 Å². The number of aromatic nitrogens is 2. The average Bonchev–Trinajstić information content (AvgIpc) is 3.03. The van der Waals surface area contributed by atoms with Gasteiger partial charge in [-0.3, -0.25) is 4.79 Å². The number of carbonyl (C=O) groups excluding carboxylic acids is 1. The van der Waals surface area contributed by atoms with Gasteiger partial charge in [0.1, 0.15) is 11.9 Å². The van der Waals surface area contributed by atoms with Crippen LogP contribution in [0.25, 0.3) is 0 Å². The van der Waals surface area contributed by atoms with Crippen molar-refractivity contribution >= 4 is 34.9 Å². The molecule has 1 heterocycles. The second-order valence-corrected chi connectivity index (χ2v) is 6.31. The third-order valence-corrected chi connectivity index (χ3v) is 4.18. The molecule has 0 aliphatic carbocycles. The Labute approximate surface area is 157 Å². The highest BCUT2D eigenvalue weighted by molar-refractivity contribution is 7.80. The van der Waals surface area contributed by atoms with Gasteiger partial charge >= 0.3 is 5.97 Å². The molecule has 0 aliphatic heterocycles. The smallest absolute Gasteiger partial charge is 0.305 e. The van der Waals surface area contributed by atoms with Crippen molar-refractivity contribution < 1.29 is 9.53 Å². The van der Waals surface area contributed by atoms with Gasteiger partial charge in [0.05, 0.1) is 7.11 Å². The van der Waals surface area contributed by atoms with Crippen LogP contribution in [0.2, 0.25) is 5.02 Å². The summed E-state index contributed by atoms with van der Waals surface area (Å²) in [6.07, 6.45) is 4.62. The van der Waals surface area contributed by atoms with Crippen molar-refractivity contribution in [3.63, 3.8) is 0 Å². The Morgan fingerprint density at radius 2 is 2.12 bits per heavy atom. The van der Waals surface area contributed by atoms with Crippen LogP contribution < -0.4 is 10.6 Å². The first kappa shape index (κ1) is 19.2. The van der Waals surface area contributed by atoms with Crippen LogP contribution in [0.5, 0.6) is 0 Å². The largest absolute Gasteiger partial charge is 0.469 e. The molecule has 2 N–H and O–H groups in total. The summed E-state index contributed by atoms with van der Waals surface area (Å²) in [5.41, 5.74) is 0.998. The van der Waals surface area contributed by atoms with E-state index in [4.69, 9.17) is 23.8 Å². The third-order valence-electron chi connectivity index (χ3n) is 3.67. The number of hydrogen-bond donors (Lipinski definition) is 2. The van der Waals surface area contributed by atoms with Crippen molar-refractivity contribution in [1.82, 2.24) is 20.2 Å². The second-order valence-electron chi connectivity index (χ2n) is 5.46. The zero-order chi connectivity index (χ0) is 18.2. The monoisotopic (exact) mass is 380 g/mol. The van der Waals surface area contributed by atoms with Gasteiger partial charge in [-0.25, -0.2) is 4.98 Å². The fraction of sp³-hybridized carbons (Fsp3) is 0.353. The van der Waals surface area contributed by atoms with E-state index in [1.807, 2.05) is 42.1 Å². The lowest BCUT2D eigenvalue weighted by Gasteiger charge is -2.21. The Bertz CT molecular complexity index is 718. The third kappa shape index (κ3) is 5.72. The first-order valence-corrected chi connectivity index (χ1v) is 8.63. The zero-order valence-corrected chi connectivity index (χ0v) is 15.7. The standard InChI is InChI=1S/C17H21ClN4O2S/c1-22-11-10-19-16(22)15(12-5-7-13(18)8-6-12)21-17(25)20-9-3-4-14(23)24-2/h5-8,10-11,15H,3-4,9H2,1-2H3,(H2,20,21,25)/t15-/m0/s1. The van der Waals surface area contributed by atoms with Crippen LogP contribution in [-0.2, 0) is 16.6 Å². The van der Waals surface area contributed by atoms with E-state index in [0.29, 0.717) is 29.5 Å². The number of esters is 1. The van der Waals surface area contributed by atoms with Crippen molar-refractivity contribution in [3.05, 3.63) is 53.1 Å². The predicted octanol–water partition coefficient (Wildman–Crippen LogP) is 2.58. The lowest BCUT2D eigenvalue weighted by molar-refractivity contribution is -0.140. The van der Waals surface area contributed by atoms with E-state index in [1.165, 1.54) is 7.11 Å². The molecule has 0 aliphatic rings. The molecule has 1 atom stereocenters. The highest BCUT2D eigenvalue weighted by Crippen LogP contribution is 2.22. The maximum atomic E-state index is 11.1. The van der Waals surface area contributed by atoms with Gasteiger partial charge in [-0.05, 0) is 36.3 Å². The molecule has 0 unspecified atom stereocenters. The number of benzene rings is 1. The van der Waals surface area contributed by atoms with Crippen LogP contribution in [0.3, 0.4) is 0 Å². The summed E-state index contributed by atoms with van der Waals surface area (Å²) < 4.78 is 6.55. The molecule has 0 radical (unpaired) electrons. The molecule has 0 spiro atoms. The maximum Gasteiger partial charge on any atom is 0.305 e. The van der Waals surface area contributed by atoms with Crippen LogP contribution >= 0.6 is 23.8 Å². The van der Waals surface area contributed by atoms with E-state index >= 15 is 0 Å². The summed E-state index contributed by atoms with van der Waals surface area (Å²) in [5, 5.41) is 7.55. The molecule has 6 nitrogen and oxygen atoms in total. The van der Waals surface area contributed by atoms with Gasteiger partial charge in [-0.2, -0.15) is 0 Å². The van der Waals surface area contributed by atoms with Crippen LogP contribution in [-0.4, -0.2) is 34.3 Å². The maximum absolute atomic E-state index is 11.1. The first-order valence-electron chi connectivity index (χ1n) is 7.85. The highest BCUT2D eigenvalue weighted by atomic mass is 35.5. The van der Waals surface area contributed by atoms with Gasteiger partial charge in [0.25, 0.3) is 0 Å². The summed E-state index contributed by atoms with van der Waals surface area (Å²) in [6, 6.07) is 7.34. The number of halogens is 1. The topological polar surface area (TPSA) is 68.2 Å². The lowest BCUT2D eigenvalue weighted by atomic mass is 10.1. The summed E-state index contributed by atoms with van der Waals surface area (Å²) in [4.78, 5) is 15.5. The van der Waals surface area contributed by atoms with Crippen LogP contribution in [0.1, 0.15) is 30.3 Å². The Kier molecular flexibility index (Phi) is 7.21. The minimum absolute atomic E-state index is 0.210. The summed E-state index contributed by atoms with van der Waals surface area (Å²) in [6.45, 7) is 0.578. The summed E-state index contributed by atoms with van der Waals surface area (Å²) in [5.74, 6) is 0.605. The summed E-state index contributed by atoms with van der Waals surface area (Å²) in [7, 11) is 3.31. The number of hydrogen-bond acceptors (Lipinski definition) is 4. The van der Waals surface area contributed by atoms with E-state index in [9.17, 15) is 4.79 Å². The number of nitrogens with zero attached hydrogens (tertiary/aromatic N) is 2. The lowest BCUT2D eigenvalue weighted by Crippen LogP contribution is -2.39. The van der Waals surface area contributed by atoms with Gasteiger partial charge in [-0.1, -0.05) is 23.7 Å². The molecule has 0 saturated heterocycles. The van der Waals surface area contributed by atoms with E-state index < -0.39 is 0 Å².